The highest BCUT2D eigenvalue weighted by molar-refractivity contribution is 5.97. The first-order chi connectivity index (χ1) is 24.3. The summed E-state index contributed by atoms with van der Waals surface area (Å²) in [5, 5.41) is 19.7. The number of nitrogens with one attached hydrogen (secondary N) is 1. The van der Waals surface area contributed by atoms with Crippen molar-refractivity contribution in [3.05, 3.63) is 125 Å². The average molecular weight is 703 g/mol. The fraction of sp³-hybridized carbons (Fsp3) is 0.167. The molecule has 0 aliphatic carbocycles. The van der Waals surface area contributed by atoms with Gasteiger partial charge in [0.05, 0.1) is 24.7 Å². The molecule has 2 amide bonds. The van der Waals surface area contributed by atoms with E-state index in [-0.39, 0.29) is 40.4 Å². The minimum atomic E-state index is -4.70. The van der Waals surface area contributed by atoms with Crippen LogP contribution in [0.3, 0.4) is 0 Å². The van der Waals surface area contributed by atoms with E-state index >= 15 is 0 Å². The third-order valence-corrected chi connectivity index (χ3v) is 7.40. The SMILES string of the molecule is COc1ccc(CC(=O)Nc2ccc(C(=O)N(CC(=O)O)Cc3ccc(OC(=O)c4ccc(-c5nnc(C)o5)cc4)cc3)cc2)c(C(F)(F)F)c1. The van der Waals surface area contributed by atoms with Gasteiger partial charge in [0.25, 0.3) is 5.91 Å². The van der Waals surface area contributed by atoms with Crippen LogP contribution in [0.4, 0.5) is 18.9 Å². The predicted molar refractivity (Wildman–Crippen MR) is 175 cm³/mol. The smallest absolute Gasteiger partial charge is 0.416 e. The second kappa shape index (κ2) is 15.4. The van der Waals surface area contributed by atoms with Crippen LogP contribution in [0.5, 0.6) is 11.5 Å². The number of esters is 1. The summed E-state index contributed by atoms with van der Waals surface area (Å²) in [7, 11) is 1.24. The molecule has 15 heteroatoms. The van der Waals surface area contributed by atoms with Crippen LogP contribution in [0.25, 0.3) is 11.5 Å². The number of ether oxygens (including phenoxy) is 2. The molecule has 12 nitrogen and oxygen atoms in total. The van der Waals surface area contributed by atoms with E-state index in [9.17, 15) is 37.5 Å². The Bertz CT molecular complexity index is 2050. The number of carboxylic acids is 1. The third kappa shape index (κ3) is 9.35. The minimum Gasteiger partial charge on any atom is -0.497 e. The predicted octanol–water partition coefficient (Wildman–Crippen LogP) is 6.20. The van der Waals surface area contributed by atoms with Crippen molar-refractivity contribution in [2.75, 3.05) is 19.0 Å². The summed E-state index contributed by atoms with van der Waals surface area (Å²) in [6.07, 6.45) is -5.27. The summed E-state index contributed by atoms with van der Waals surface area (Å²) >= 11 is 0. The molecule has 0 aliphatic heterocycles. The molecule has 2 N–H and O–H groups in total. The molecule has 1 heterocycles. The number of nitrogens with zero attached hydrogens (tertiary/aromatic N) is 3. The summed E-state index contributed by atoms with van der Waals surface area (Å²) in [5.41, 5.74) is 0.532. The molecule has 5 aromatic rings. The van der Waals surface area contributed by atoms with Gasteiger partial charge in [0.15, 0.2) is 0 Å². The summed E-state index contributed by atoms with van der Waals surface area (Å²) in [5.74, 6) is -2.29. The molecule has 5 rings (SSSR count). The molecule has 0 saturated carbocycles. The zero-order chi connectivity index (χ0) is 36.7. The van der Waals surface area contributed by atoms with Gasteiger partial charge in [-0.2, -0.15) is 13.2 Å². The number of aliphatic carboxylic acids is 1. The van der Waals surface area contributed by atoms with Crippen LogP contribution in [0, 0.1) is 6.92 Å². The Kier molecular flexibility index (Phi) is 10.8. The number of aromatic nitrogens is 2. The molecule has 0 atom stereocenters. The van der Waals surface area contributed by atoms with Crippen molar-refractivity contribution < 1.29 is 51.3 Å². The lowest BCUT2D eigenvalue weighted by molar-refractivity contribution is -0.139. The molecule has 1 aromatic heterocycles. The molecule has 0 unspecified atom stereocenters. The maximum absolute atomic E-state index is 13.5. The van der Waals surface area contributed by atoms with Crippen molar-refractivity contribution in [2.45, 2.75) is 26.1 Å². The summed E-state index contributed by atoms with van der Waals surface area (Å²) in [6, 6.07) is 21.4. The lowest BCUT2D eigenvalue weighted by Gasteiger charge is -2.21. The number of rotatable bonds is 12. The van der Waals surface area contributed by atoms with E-state index in [0.717, 1.165) is 11.0 Å². The standard InChI is InChI=1S/C36H29F3N4O8/c1-21-41-42-33(50-21)23-5-7-25(8-6-23)35(48)51-28-14-3-22(4-15-28)19-43(20-32(45)46)34(47)24-9-12-27(13-10-24)40-31(44)17-26-11-16-29(49-2)18-30(26)36(37,38)39/h3-16,18H,17,19-20H2,1-2H3,(H,40,44)(H,45,46). The number of amides is 2. The number of carbonyl (C=O) groups excluding carboxylic acids is 3. The normalized spacial score (nSPS) is 11.1. The van der Waals surface area contributed by atoms with Crippen molar-refractivity contribution in [3.8, 4) is 23.0 Å². The first kappa shape index (κ1) is 35.8. The Labute approximate surface area is 288 Å². The number of aryl methyl sites for hydroxylation is 1. The second-order valence-corrected chi connectivity index (χ2v) is 11.1. The maximum Gasteiger partial charge on any atom is 0.416 e. The number of anilines is 1. The van der Waals surface area contributed by atoms with E-state index in [2.05, 4.69) is 15.5 Å². The number of benzene rings is 4. The number of hydrogen-bond acceptors (Lipinski definition) is 9. The van der Waals surface area contributed by atoms with Crippen LogP contribution < -0.4 is 14.8 Å². The van der Waals surface area contributed by atoms with Gasteiger partial charge in [-0.15, -0.1) is 10.2 Å². The molecule has 51 heavy (non-hydrogen) atoms. The Balaban J connectivity index is 1.19. The van der Waals surface area contributed by atoms with Crippen LogP contribution in [-0.4, -0.2) is 57.6 Å². The van der Waals surface area contributed by atoms with Gasteiger partial charge in [0.2, 0.25) is 17.7 Å². The molecule has 262 valence electrons. The van der Waals surface area contributed by atoms with Crippen molar-refractivity contribution in [1.82, 2.24) is 15.1 Å². The Morgan fingerprint density at radius 1 is 0.863 bits per heavy atom. The Morgan fingerprint density at radius 2 is 1.51 bits per heavy atom. The summed E-state index contributed by atoms with van der Waals surface area (Å²) in [6.45, 7) is 0.935. The van der Waals surface area contributed by atoms with Crippen LogP contribution in [0.2, 0.25) is 0 Å². The van der Waals surface area contributed by atoms with Gasteiger partial charge in [0.1, 0.15) is 18.0 Å². The summed E-state index contributed by atoms with van der Waals surface area (Å²) < 4.78 is 56.3. The monoisotopic (exact) mass is 702 g/mol. The fourth-order valence-corrected chi connectivity index (χ4v) is 4.93. The van der Waals surface area contributed by atoms with Gasteiger partial charge < -0.3 is 29.2 Å². The number of alkyl halides is 3. The first-order valence-electron chi connectivity index (χ1n) is 15.2. The number of carboxylic acid groups (broad SMARTS) is 1. The van der Waals surface area contributed by atoms with Crippen molar-refractivity contribution in [1.29, 1.82) is 0 Å². The van der Waals surface area contributed by atoms with Crippen LogP contribution in [-0.2, 0) is 28.7 Å². The zero-order valence-electron chi connectivity index (χ0n) is 27.1. The lowest BCUT2D eigenvalue weighted by Crippen LogP contribution is -2.35. The molecule has 0 spiro atoms. The van der Waals surface area contributed by atoms with Gasteiger partial charge in [-0.05, 0) is 83.9 Å². The fourth-order valence-electron chi connectivity index (χ4n) is 4.93. The van der Waals surface area contributed by atoms with E-state index in [4.69, 9.17) is 13.9 Å². The number of methoxy groups -OCH3 is 1. The van der Waals surface area contributed by atoms with E-state index in [1.807, 2.05) is 0 Å². The first-order valence-corrected chi connectivity index (χ1v) is 15.2. The lowest BCUT2D eigenvalue weighted by atomic mass is 10.0. The highest BCUT2D eigenvalue weighted by Gasteiger charge is 2.34. The molecular weight excluding hydrogens is 673 g/mol. The topological polar surface area (TPSA) is 161 Å². The third-order valence-electron chi connectivity index (χ3n) is 7.40. The summed E-state index contributed by atoms with van der Waals surface area (Å²) in [4.78, 5) is 51.3. The highest BCUT2D eigenvalue weighted by atomic mass is 19.4. The average Bonchev–Trinajstić information content (AvgIpc) is 3.54. The van der Waals surface area contributed by atoms with E-state index in [1.54, 1.807) is 43.3 Å². The number of halogens is 3. The van der Waals surface area contributed by atoms with Gasteiger partial charge in [-0.1, -0.05) is 18.2 Å². The second-order valence-electron chi connectivity index (χ2n) is 11.1. The van der Waals surface area contributed by atoms with Crippen LogP contribution >= 0.6 is 0 Å². The van der Waals surface area contributed by atoms with E-state index in [1.165, 1.54) is 55.6 Å². The van der Waals surface area contributed by atoms with Crippen molar-refractivity contribution in [3.63, 3.8) is 0 Å². The number of hydrogen-bond donors (Lipinski definition) is 2. The quantitative estimate of drug-likeness (QED) is 0.113. The molecule has 0 radical (unpaired) electrons. The Hall–Kier alpha value is -6.51. The van der Waals surface area contributed by atoms with Crippen LogP contribution in [0.1, 0.15) is 43.3 Å². The van der Waals surface area contributed by atoms with Crippen molar-refractivity contribution in [2.24, 2.45) is 0 Å². The molecule has 0 aliphatic rings. The van der Waals surface area contributed by atoms with Gasteiger partial charge in [-0.3, -0.25) is 14.4 Å². The highest BCUT2D eigenvalue weighted by Crippen LogP contribution is 2.35. The van der Waals surface area contributed by atoms with E-state index < -0.39 is 48.5 Å². The largest absolute Gasteiger partial charge is 0.497 e. The number of carbonyl (C=O) groups is 4. The van der Waals surface area contributed by atoms with Gasteiger partial charge in [0, 0.05) is 30.3 Å². The molecular formula is C36H29F3N4O8. The Morgan fingerprint density at radius 3 is 2.10 bits per heavy atom. The van der Waals surface area contributed by atoms with Crippen LogP contribution in [0.15, 0.2) is 95.4 Å². The zero-order valence-corrected chi connectivity index (χ0v) is 27.1. The van der Waals surface area contributed by atoms with Crippen molar-refractivity contribution >= 4 is 29.4 Å². The minimum absolute atomic E-state index is 0.00170. The molecule has 0 saturated heterocycles. The molecule has 4 aromatic carbocycles. The van der Waals surface area contributed by atoms with Gasteiger partial charge >= 0.3 is 18.1 Å². The molecule has 0 bridgehead atoms. The van der Waals surface area contributed by atoms with E-state index in [0.29, 0.717) is 22.9 Å². The maximum atomic E-state index is 13.5. The molecule has 0 fully saturated rings. The van der Waals surface area contributed by atoms with Gasteiger partial charge in [-0.25, -0.2) is 4.79 Å².